The van der Waals surface area contributed by atoms with Crippen molar-refractivity contribution in [2.45, 2.75) is 38.1 Å². The third kappa shape index (κ3) is 1.75. The topological polar surface area (TPSA) is 64.0 Å². The van der Waals surface area contributed by atoms with Crippen LogP contribution in [-0.2, 0) is 9.59 Å². The number of hydrogen-bond acceptors (Lipinski definition) is 3. The predicted molar refractivity (Wildman–Crippen MR) is 60.2 cm³/mol. The lowest BCUT2D eigenvalue weighted by Gasteiger charge is -2.28. The van der Waals surface area contributed by atoms with Crippen LogP contribution in [0, 0.1) is 5.92 Å². The molecule has 0 spiro atoms. The van der Waals surface area contributed by atoms with Crippen LogP contribution in [0.4, 0.5) is 0 Å². The molecule has 2 amide bonds. The third-order valence-corrected chi connectivity index (χ3v) is 3.70. The van der Waals surface area contributed by atoms with E-state index in [1.807, 2.05) is 13.3 Å². The van der Waals surface area contributed by atoms with E-state index in [4.69, 9.17) is 0 Å². The van der Waals surface area contributed by atoms with Gasteiger partial charge in [-0.1, -0.05) is 6.92 Å². The van der Waals surface area contributed by atoms with Crippen LogP contribution in [0.15, 0.2) is 12.5 Å². The van der Waals surface area contributed by atoms with Crippen molar-refractivity contribution >= 4 is 11.8 Å². The number of nitrogens with zero attached hydrogens (tertiary/aromatic N) is 2. The van der Waals surface area contributed by atoms with E-state index >= 15 is 0 Å². The Morgan fingerprint density at radius 3 is 2.88 bits per heavy atom. The summed E-state index contributed by atoms with van der Waals surface area (Å²) in [7, 11) is 0. The molecule has 3 rings (SSSR count). The van der Waals surface area contributed by atoms with Gasteiger partial charge in [-0.15, -0.1) is 0 Å². The molecule has 2 unspecified atom stereocenters. The molecule has 90 valence electrons. The van der Waals surface area contributed by atoms with Gasteiger partial charge in [0, 0.05) is 36.2 Å². The maximum absolute atomic E-state index is 11.6. The number of carbonyl (C=O) groups excluding carboxylic acids is 2. The molecule has 0 aromatic carbocycles. The van der Waals surface area contributed by atoms with E-state index in [0.29, 0.717) is 12.5 Å². The number of imide groups is 1. The highest BCUT2D eigenvalue weighted by atomic mass is 16.2. The Labute approximate surface area is 99.2 Å². The Morgan fingerprint density at radius 2 is 2.18 bits per heavy atom. The van der Waals surface area contributed by atoms with E-state index in [-0.39, 0.29) is 23.7 Å². The second kappa shape index (κ2) is 3.68. The standard InChI is InChI=1S/C12H15N3O2/c1-7-9(4-11(16)14-12(7)17)10-5-13-6-15(10)8-2-3-8/h5-9H,2-4H2,1H3,(H,14,16,17). The summed E-state index contributed by atoms with van der Waals surface area (Å²) in [6.07, 6.45) is 6.34. The molecule has 17 heavy (non-hydrogen) atoms. The van der Waals surface area contributed by atoms with Gasteiger partial charge in [0.1, 0.15) is 0 Å². The van der Waals surface area contributed by atoms with Crippen molar-refractivity contribution < 1.29 is 9.59 Å². The Kier molecular flexibility index (Phi) is 2.28. The second-order valence-electron chi connectivity index (χ2n) is 4.97. The van der Waals surface area contributed by atoms with Gasteiger partial charge in [0.15, 0.2) is 0 Å². The summed E-state index contributed by atoms with van der Waals surface area (Å²) in [4.78, 5) is 27.3. The average Bonchev–Trinajstić information content (AvgIpc) is 3.02. The van der Waals surface area contributed by atoms with Crippen molar-refractivity contribution in [3.8, 4) is 0 Å². The molecular formula is C12H15N3O2. The van der Waals surface area contributed by atoms with Gasteiger partial charge in [0.25, 0.3) is 0 Å². The normalized spacial score (nSPS) is 29.2. The van der Waals surface area contributed by atoms with Gasteiger partial charge < -0.3 is 4.57 Å². The molecule has 1 saturated heterocycles. The molecule has 1 aromatic heterocycles. The first-order chi connectivity index (χ1) is 8.16. The first-order valence-corrected chi connectivity index (χ1v) is 6.02. The monoisotopic (exact) mass is 233 g/mol. The average molecular weight is 233 g/mol. The van der Waals surface area contributed by atoms with Crippen molar-refractivity contribution in [2.24, 2.45) is 5.92 Å². The molecule has 5 nitrogen and oxygen atoms in total. The quantitative estimate of drug-likeness (QED) is 0.774. The lowest BCUT2D eigenvalue weighted by Crippen LogP contribution is -2.44. The zero-order valence-electron chi connectivity index (χ0n) is 9.72. The van der Waals surface area contributed by atoms with E-state index in [1.54, 1.807) is 6.20 Å². The van der Waals surface area contributed by atoms with Gasteiger partial charge in [0.2, 0.25) is 11.8 Å². The Hall–Kier alpha value is -1.65. The van der Waals surface area contributed by atoms with Crippen molar-refractivity contribution in [3.63, 3.8) is 0 Å². The molecular weight excluding hydrogens is 218 g/mol. The van der Waals surface area contributed by atoms with Crippen LogP contribution in [0.2, 0.25) is 0 Å². The zero-order valence-corrected chi connectivity index (χ0v) is 9.72. The number of imidazole rings is 1. The van der Waals surface area contributed by atoms with Crippen LogP contribution in [0.3, 0.4) is 0 Å². The first-order valence-electron chi connectivity index (χ1n) is 6.02. The number of piperidine rings is 1. The fourth-order valence-corrected chi connectivity index (χ4v) is 2.48. The molecule has 2 atom stereocenters. The maximum atomic E-state index is 11.6. The van der Waals surface area contributed by atoms with Crippen molar-refractivity contribution in [1.29, 1.82) is 0 Å². The highest BCUT2D eigenvalue weighted by Crippen LogP contribution is 2.40. The van der Waals surface area contributed by atoms with Gasteiger partial charge in [-0.25, -0.2) is 4.98 Å². The molecule has 2 heterocycles. The maximum Gasteiger partial charge on any atom is 0.230 e. The predicted octanol–water partition coefficient (Wildman–Crippen LogP) is 0.984. The Morgan fingerprint density at radius 1 is 1.41 bits per heavy atom. The van der Waals surface area contributed by atoms with Gasteiger partial charge in [-0.3, -0.25) is 14.9 Å². The SMILES string of the molecule is CC1C(=O)NC(=O)CC1c1cncn1C1CC1. The lowest BCUT2D eigenvalue weighted by molar-refractivity contribution is -0.136. The summed E-state index contributed by atoms with van der Waals surface area (Å²) in [5.41, 5.74) is 1.03. The first kappa shape index (κ1) is 10.5. The lowest BCUT2D eigenvalue weighted by atomic mass is 9.84. The summed E-state index contributed by atoms with van der Waals surface area (Å²) in [5.74, 6) is -0.544. The fourth-order valence-electron chi connectivity index (χ4n) is 2.48. The highest BCUT2D eigenvalue weighted by Gasteiger charge is 2.37. The number of aromatic nitrogens is 2. The van der Waals surface area contributed by atoms with Gasteiger partial charge >= 0.3 is 0 Å². The number of hydrogen-bond donors (Lipinski definition) is 1. The Bertz CT molecular complexity index is 476. The molecule has 2 fully saturated rings. The van der Waals surface area contributed by atoms with E-state index in [1.165, 1.54) is 12.8 Å². The highest BCUT2D eigenvalue weighted by molar-refractivity contribution is 5.99. The fraction of sp³-hybridized carbons (Fsp3) is 0.583. The van der Waals surface area contributed by atoms with Crippen molar-refractivity contribution in [3.05, 3.63) is 18.2 Å². The zero-order chi connectivity index (χ0) is 12.0. The molecule has 1 aliphatic heterocycles. The second-order valence-corrected chi connectivity index (χ2v) is 4.97. The van der Waals surface area contributed by atoms with Gasteiger partial charge in [0.05, 0.1) is 6.33 Å². The number of rotatable bonds is 2. The van der Waals surface area contributed by atoms with Crippen molar-refractivity contribution in [1.82, 2.24) is 14.9 Å². The van der Waals surface area contributed by atoms with Crippen LogP contribution < -0.4 is 5.32 Å². The summed E-state index contributed by atoms with van der Waals surface area (Å²) >= 11 is 0. The number of nitrogens with one attached hydrogen (secondary N) is 1. The summed E-state index contributed by atoms with van der Waals surface area (Å²) in [5, 5.41) is 2.38. The molecule has 1 aromatic rings. The van der Waals surface area contributed by atoms with Gasteiger partial charge in [-0.05, 0) is 12.8 Å². The Balaban J connectivity index is 1.93. The molecule has 5 heteroatoms. The number of amides is 2. The minimum Gasteiger partial charge on any atom is -0.331 e. The van der Waals surface area contributed by atoms with Crippen LogP contribution in [-0.4, -0.2) is 21.4 Å². The minimum atomic E-state index is -0.179. The summed E-state index contributed by atoms with van der Waals surface area (Å²) in [6.45, 7) is 1.87. The van der Waals surface area contributed by atoms with Crippen LogP contribution in [0.25, 0.3) is 0 Å². The van der Waals surface area contributed by atoms with Crippen molar-refractivity contribution in [2.75, 3.05) is 0 Å². The summed E-state index contributed by atoms with van der Waals surface area (Å²) < 4.78 is 2.13. The van der Waals surface area contributed by atoms with Crippen LogP contribution >= 0.6 is 0 Å². The molecule has 1 aliphatic carbocycles. The molecule has 1 N–H and O–H groups in total. The minimum absolute atomic E-state index is 0.0284. The number of carbonyl (C=O) groups is 2. The summed E-state index contributed by atoms with van der Waals surface area (Å²) in [6, 6.07) is 0.528. The third-order valence-electron chi connectivity index (χ3n) is 3.70. The largest absolute Gasteiger partial charge is 0.331 e. The smallest absolute Gasteiger partial charge is 0.230 e. The van der Waals surface area contributed by atoms with Gasteiger partial charge in [-0.2, -0.15) is 0 Å². The van der Waals surface area contributed by atoms with E-state index in [9.17, 15) is 9.59 Å². The molecule has 2 aliphatic rings. The van der Waals surface area contributed by atoms with E-state index in [2.05, 4.69) is 14.9 Å². The molecule has 0 bridgehead atoms. The molecule has 1 saturated carbocycles. The van der Waals surface area contributed by atoms with E-state index < -0.39 is 0 Å². The molecule has 0 radical (unpaired) electrons. The van der Waals surface area contributed by atoms with E-state index in [0.717, 1.165) is 5.69 Å². The van der Waals surface area contributed by atoms with Crippen LogP contribution in [0.5, 0.6) is 0 Å². The van der Waals surface area contributed by atoms with Crippen LogP contribution in [0.1, 0.15) is 43.8 Å².